The first-order chi connectivity index (χ1) is 10.8. The number of carbonyl (C=O) groups excluding carboxylic acids is 1. The smallest absolute Gasteiger partial charge is 0.233 e. The van der Waals surface area contributed by atoms with Crippen molar-refractivity contribution in [1.29, 1.82) is 0 Å². The summed E-state index contributed by atoms with van der Waals surface area (Å²) in [5.41, 5.74) is 7.39. The Morgan fingerprint density at radius 1 is 1.09 bits per heavy atom. The summed E-state index contributed by atoms with van der Waals surface area (Å²) in [6.45, 7) is 1.72. The summed E-state index contributed by atoms with van der Waals surface area (Å²) in [4.78, 5) is 11.0. The van der Waals surface area contributed by atoms with Crippen LogP contribution in [0.25, 0.3) is 11.3 Å². The number of nitrogens with two attached hydrogens (primary N) is 1. The van der Waals surface area contributed by atoms with Gasteiger partial charge < -0.3 is 11.1 Å². The Hall–Kier alpha value is -2.14. The van der Waals surface area contributed by atoms with Crippen molar-refractivity contribution in [2.24, 2.45) is 5.73 Å². The topological polar surface area (TPSA) is 72.9 Å². The van der Waals surface area contributed by atoms with Gasteiger partial charge in [0.25, 0.3) is 0 Å². The van der Waals surface area contributed by atoms with Gasteiger partial charge in [0.2, 0.25) is 5.91 Å². The van der Waals surface area contributed by atoms with E-state index in [1.54, 1.807) is 0 Å². The molecule has 0 saturated carbocycles. The Balaban J connectivity index is 1.62. The fraction of sp³-hybridized carbons (Fsp3) is 0.412. The minimum atomic E-state index is -0.0787. The van der Waals surface area contributed by atoms with Crippen LogP contribution in [0.5, 0.6) is 0 Å². The minimum absolute atomic E-state index is 0.0725. The first-order valence-corrected chi connectivity index (χ1v) is 7.85. The van der Waals surface area contributed by atoms with Crippen LogP contribution in [0.2, 0.25) is 0 Å². The molecule has 1 amide bonds. The summed E-state index contributed by atoms with van der Waals surface area (Å²) in [6, 6.07) is 12.3. The van der Waals surface area contributed by atoms with Crippen LogP contribution in [0.4, 0.5) is 0 Å². The first kappa shape index (κ1) is 16.2. The van der Waals surface area contributed by atoms with Crippen LogP contribution in [-0.2, 0) is 11.3 Å². The number of carbonyl (C=O) groups is 1. The number of hydrogen-bond donors (Lipinski definition) is 2. The molecule has 5 nitrogen and oxygen atoms in total. The van der Waals surface area contributed by atoms with Crippen molar-refractivity contribution < 1.29 is 4.79 Å². The van der Waals surface area contributed by atoms with Crippen molar-refractivity contribution in [2.45, 2.75) is 32.2 Å². The Labute approximate surface area is 131 Å². The lowest BCUT2D eigenvalue weighted by molar-refractivity contribution is -0.119. The lowest BCUT2D eigenvalue weighted by atomic mass is 10.2. The summed E-state index contributed by atoms with van der Waals surface area (Å²) in [5.74, 6) is -0.0787. The number of aryl methyl sites for hydroxylation is 1. The van der Waals surface area contributed by atoms with Crippen LogP contribution < -0.4 is 11.1 Å². The highest BCUT2D eigenvalue weighted by molar-refractivity contribution is 5.77. The molecule has 0 atom stereocenters. The highest BCUT2D eigenvalue weighted by Crippen LogP contribution is 2.16. The third-order valence-corrected chi connectivity index (χ3v) is 3.53. The fourth-order valence-corrected chi connectivity index (χ4v) is 2.30. The van der Waals surface area contributed by atoms with Crippen molar-refractivity contribution >= 4 is 5.91 Å². The summed E-state index contributed by atoms with van der Waals surface area (Å²) in [6.07, 6.45) is 6.38. The molecule has 118 valence electrons. The summed E-state index contributed by atoms with van der Waals surface area (Å²) >= 11 is 0. The van der Waals surface area contributed by atoms with Crippen LogP contribution in [0, 0.1) is 0 Å². The largest absolute Gasteiger partial charge is 0.355 e. The molecule has 0 spiro atoms. The van der Waals surface area contributed by atoms with Crippen molar-refractivity contribution in [3.05, 3.63) is 42.6 Å². The second kappa shape index (κ2) is 9.00. The van der Waals surface area contributed by atoms with E-state index >= 15 is 0 Å². The molecule has 0 fully saturated rings. The number of benzene rings is 1. The molecule has 0 aliphatic heterocycles. The molecule has 0 aliphatic rings. The SMILES string of the molecule is NCC(=O)NCCCCCCn1ccc(-c2ccccc2)n1. The molecule has 0 saturated heterocycles. The molecule has 22 heavy (non-hydrogen) atoms. The highest BCUT2D eigenvalue weighted by atomic mass is 16.1. The average molecular weight is 300 g/mol. The summed E-state index contributed by atoms with van der Waals surface area (Å²) in [7, 11) is 0. The van der Waals surface area contributed by atoms with E-state index in [0.29, 0.717) is 0 Å². The molecule has 3 N–H and O–H groups in total. The molecule has 2 rings (SSSR count). The highest BCUT2D eigenvalue weighted by Gasteiger charge is 2.01. The maximum atomic E-state index is 11.0. The first-order valence-electron chi connectivity index (χ1n) is 7.85. The summed E-state index contributed by atoms with van der Waals surface area (Å²) in [5, 5.41) is 7.38. The number of nitrogens with zero attached hydrogens (tertiary/aromatic N) is 2. The Kier molecular flexibility index (Phi) is 6.64. The van der Waals surface area contributed by atoms with E-state index in [1.165, 1.54) is 0 Å². The van der Waals surface area contributed by atoms with Gasteiger partial charge in [-0.25, -0.2) is 0 Å². The number of unbranched alkanes of at least 4 members (excludes halogenated alkanes) is 3. The number of rotatable bonds is 9. The quantitative estimate of drug-likeness (QED) is 0.697. The molecule has 1 heterocycles. The van der Waals surface area contributed by atoms with E-state index < -0.39 is 0 Å². The molecule has 1 aromatic heterocycles. The van der Waals surface area contributed by atoms with Gasteiger partial charge >= 0.3 is 0 Å². The van der Waals surface area contributed by atoms with Gasteiger partial charge in [0.1, 0.15) is 0 Å². The second-order valence-corrected chi connectivity index (χ2v) is 5.30. The Bertz CT molecular complexity index is 565. The Morgan fingerprint density at radius 3 is 2.64 bits per heavy atom. The van der Waals surface area contributed by atoms with Crippen LogP contribution in [0.1, 0.15) is 25.7 Å². The van der Waals surface area contributed by atoms with Gasteiger partial charge in [-0.2, -0.15) is 5.10 Å². The molecule has 5 heteroatoms. The van der Waals surface area contributed by atoms with Crippen molar-refractivity contribution in [3.8, 4) is 11.3 Å². The standard InChI is InChI=1S/C17H24N4O/c18-14-17(22)19-11-6-1-2-7-12-21-13-10-16(20-21)15-8-4-3-5-9-15/h3-5,8-10,13H,1-2,6-7,11-12,14,18H2,(H,19,22). The molecule has 0 unspecified atom stereocenters. The molecule has 1 aromatic carbocycles. The van der Waals surface area contributed by atoms with E-state index in [0.717, 1.165) is 50.0 Å². The predicted octanol–water partition coefficient (Wildman–Crippen LogP) is 2.19. The van der Waals surface area contributed by atoms with E-state index in [-0.39, 0.29) is 12.5 Å². The van der Waals surface area contributed by atoms with Gasteiger partial charge in [-0.3, -0.25) is 9.48 Å². The van der Waals surface area contributed by atoms with Crippen molar-refractivity contribution in [3.63, 3.8) is 0 Å². The monoisotopic (exact) mass is 300 g/mol. The van der Waals surface area contributed by atoms with E-state index in [1.807, 2.05) is 29.1 Å². The lowest BCUT2D eigenvalue weighted by Gasteiger charge is -2.04. The van der Waals surface area contributed by atoms with Crippen LogP contribution in [0.3, 0.4) is 0 Å². The fourth-order valence-electron chi connectivity index (χ4n) is 2.30. The predicted molar refractivity (Wildman–Crippen MR) is 88.2 cm³/mol. The normalized spacial score (nSPS) is 10.6. The van der Waals surface area contributed by atoms with E-state index in [4.69, 9.17) is 5.73 Å². The maximum Gasteiger partial charge on any atom is 0.233 e. The van der Waals surface area contributed by atoms with E-state index in [9.17, 15) is 4.79 Å². The van der Waals surface area contributed by atoms with Crippen molar-refractivity contribution in [1.82, 2.24) is 15.1 Å². The number of amides is 1. The van der Waals surface area contributed by atoms with Gasteiger partial charge in [-0.1, -0.05) is 43.2 Å². The Morgan fingerprint density at radius 2 is 1.86 bits per heavy atom. The molecular weight excluding hydrogens is 276 g/mol. The van der Waals surface area contributed by atoms with Gasteiger partial charge in [0.05, 0.1) is 12.2 Å². The zero-order valence-corrected chi connectivity index (χ0v) is 12.9. The molecule has 0 bridgehead atoms. The maximum absolute atomic E-state index is 11.0. The number of hydrogen-bond acceptors (Lipinski definition) is 3. The second-order valence-electron chi connectivity index (χ2n) is 5.30. The molecular formula is C17H24N4O. The average Bonchev–Trinajstić information content (AvgIpc) is 3.03. The summed E-state index contributed by atoms with van der Waals surface area (Å²) < 4.78 is 2.00. The van der Waals surface area contributed by atoms with Crippen molar-refractivity contribution in [2.75, 3.05) is 13.1 Å². The minimum Gasteiger partial charge on any atom is -0.355 e. The number of nitrogens with one attached hydrogen (secondary N) is 1. The third-order valence-electron chi connectivity index (χ3n) is 3.53. The van der Waals surface area contributed by atoms with Gasteiger partial charge in [0, 0.05) is 24.8 Å². The van der Waals surface area contributed by atoms with Gasteiger partial charge in [-0.15, -0.1) is 0 Å². The molecule has 0 radical (unpaired) electrons. The lowest BCUT2D eigenvalue weighted by Crippen LogP contribution is -2.30. The van der Waals surface area contributed by atoms with Crippen LogP contribution in [0.15, 0.2) is 42.6 Å². The number of aromatic nitrogens is 2. The van der Waals surface area contributed by atoms with Gasteiger partial charge in [-0.05, 0) is 18.9 Å². The third kappa shape index (κ3) is 5.33. The van der Waals surface area contributed by atoms with Gasteiger partial charge in [0.15, 0.2) is 0 Å². The van der Waals surface area contributed by atoms with Crippen LogP contribution >= 0.6 is 0 Å². The zero-order chi connectivity index (χ0) is 15.6. The van der Waals surface area contributed by atoms with E-state index in [2.05, 4.69) is 28.6 Å². The zero-order valence-electron chi connectivity index (χ0n) is 12.9. The van der Waals surface area contributed by atoms with Crippen LogP contribution in [-0.4, -0.2) is 28.8 Å². The molecule has 0 aliphatic carbocycles. The molecule has 2 aromatic rings.